The number of rotatable bonds is 4. The molecule has 108 valence electrons. The Morgan fingerprint density at radius 3 is 2.52 bits per heavy atom. The minimum atomic E-state index is 0.291. The van der Waals surface area contributed by atoms with Gasteiger partial charge in [-0.25, -0.2) is 0 Å². The Bertz CT molecular complexity index is 668. The van der Waals surface area contributed by atoms with Gasteiger partial charge in [0.05, 0.1) is 11.3 Å². The summed E-state index contributed by atoms with van der Waals surface area (Å²) < 4.78 is 0. The molecule has 0 amide bonds. The minimum Gasteiger partial charge on any atom is -0.399 e. The van der Waals surface area contributed by atoms with E-state index >= 15 is 0 Å². The van der Waals surface area contributed by atoms with Crippen molar-refractivity contribution in [3.05, 3.63) is 59.2 Å². The zero-order chi connectivity index (χ0) is 15.4. The first-order valence-corrected chi connectivity index (χ1v) is 7.13. The highest BCUT2D eigenvalue weighted by Crippen LogP contribution is 2.28. The largest absolute Gasteiger partial charge is 0.399 e. The van der Waals surface area contributed by atoms with Gasteiger partial charge in [-0.15, -0.1) is 0 Å². The van der Waals surface area contributed by atoms with Gasteiger partial charge in [-0.05, 0) is 50.1 Å². The summed E-state index contributed by atoms with van der Waals surface area (Å²) in [5, 5.41) is 9.39. The molecule has 0 fully saturated rings. The molecule has 2 N–H and O–H groups in total. The topological polar surface area (TPSA) is 53.0 Å². The van der Waals surface area contributed by atoms with Crippen LogP contribution in [0.25, 0.3) is 0 Å². The maximum Gasteiger partial charge on any atom is 0.101 e. The molecule has 3 heteroatoms. The lowest BCUT2D eigenvalue weighted by atomic mass is 10.0. The van der Waals surface area contributed by atoms with E-state index in [1.165, 1.54) is 0 Å². The molecule has 0 aliphatic heterocycles. The van der Waals surface area contributed by atoms with Crippen molar-refractivity contribution < 1.29 is 0 Å². The highest BCUT2D eigenvalue weighted by molar-refractivity contribution is 5.64. The van der Waals surface area contributed by atoms with E-state index in [0.29, 0.717) is 11.6 Å². The van der Waals surface area contributed by atoms with Crippen molar-refractivity contribution in [3.8, 4) is 6.07 Å². The van der Waals surface area contributed by atoms with Crippen LogP contribution in [0.5, 0.6) is 0 Å². The zero-order valence-electron chi connectivity index (χ0n) is 12.8. The molecule has 0 aliphatic carbocycles. The third-order valence-electron chi connectivity index (χ3n) is 3.57. The first kappa shape index (κ1) is 14.9. The highest BCUT2D eigenvalue weighted by Gasteiger charge is 2.17. The number of nitriles is 1. The normalized spacial score (nSPS) is 10.4. The van der Waals surface area contributed by atoms with E-state index in [-0.39, 0.29) is 0 Å². The van der Waals surface area contributed by atoms with Gasteiger partial charge in [-0.1, -0.05) is 24.3 Å². The Kier molecular flexibility index (Phi) is 4.49. The van der Waals surface area contributed by atoms with Crippen LogP contribution < -0.4 is 10.6 Å². The van der Waals surface area contributed by atoms with Gasteiger partial charge in [0.25, 0.3) is 0 Å². The SMILES string of the molecule is Cc1cccc(C#N)c1N(Cc1cccc(N)c1)C(C)C. The van der Waals surface area contributed by atoms with Crippen molar-refractivity contribution >= 4 is 11.4 Å². The molecule has 2 aromatic carbocycles. The van der Waals surface area contributed by atoms with Crippen LogP contribution in [-0.4, -0.2) is 6.04 Å². The Labute approximate surface area is 126 Å². The van der Waals surface area contributed by atoms with Gasteiger partial charge < -0.3 is 10.6 Å². The monoisotopic (exact) mass is 279 g/mol. The van der Waals surface area contributed by atoms with Crippen LogP contribution in [0.1, 0.15) is 30.5 Å². The quantitative estimate of drug-likeness (QED) is 0.864. The van der Waals surface area contributed by atoms with Crippen molar-refractivity contribution in [2.45, 2.75) is 33.4 Å². The predicted octanol–water partition coefficient (Wildman–Crippen LogP) is 3.86. The lowest BCUT2D eigenvalue weighted by Gasteiger charge is -2.31. The number of anilines is 2. The third-order valence-corrected chi connectivity index (χ3v) is 3.57. The number of benzene rings is 2. The average Bonchev–Trinajstić information content (AvgIpc) is 2.45. The second-order valence-electron chi connectivity index (χ2n) is 5.55. The highest BCUT2D eigenvalue weighted by atomic mass is 15.2. The summed E-state index contributed by atoms with van der Waals surface area (Å²) in [5.74, 6) is 0. The van der Waals surface area contributed by atoms with E-state index in [2.05, 4.69) is 30.9 Å². The molecular weight excluding hydrogens is 258 g/mol. The third kappa shape index (κ3) is 3.35. The van der Waals surface area contributed by atoms with Gasteiger partial charge in [0.15, 0.2) is 0 Å². The summed E-state index contributed by atoms with van der Waals surface area (Å²) in [7, 11) is 0. The summed E-state index contributed by atoms with van der Waals surface area (Å²) in [6.45, 7) is 7.06. The molecule has 0 aliphatic rings. The number of nitrogens with two attached hydrogens (primary N) is 1. The number of hydrogen-bond acceptors (Lipinski definition) is 3. The number of hydrogen-bond donors (Lipinski definition) is 1. The van der Waals surface area contributed by atoms with Crippen LogP contribution >= 0.6 is 0 Å². The fraction of sp³-hybridized carbons (Fsp3) is 0.278. The molecule has 0 aromatic heterocycles. The summed E-state index contributed by atoms with van der Waals surface area (Å²) in [5.41, 5.74) is 10.6. The van der Waals surface area contributed by atoms with Gasteiger partial charge in [0.2, 0.25) is 0 Å². The Morgan fingerprint density at radius 2 is 1.90 bits per heavy atom. The summed E-state index contributed by atoms with van der Waals surface area (Å²) in [6, 6.07) is 16.3. The predicted molar refractivity (Wildman–Crippen MR) is 88.1 cm³/mol. The smallest absolute Gasteiger partial charge is 0.101 e. The molecule has 0 heterocycles. The molecule has 2 rings (SSSR count). The van der Waals surface area contributed by atoms with Crippen molar-refractivity contribution in [2.75, 3.05) is 10.6 Å². The zero-order valence-corrected chi connectivity index (χ0v) is 12.8. The molecule has 21 heavy (non-hydrogen) atoms. The molecule has 0 radical (unpaired) electrons. The standard InChI is InChI=1S/C18H21N3/c1-13(2)21(12-15-7-5-9-17(20)10-15)18-14(3)6-4-8-16(18)11-19/h4-10,13H,12,20H2,1-3H3. The summed E-state index contributed by atoms with van der Waals surface area (Å²) in [6.07, 6.45) is 0. The van der Waals surface area contributed by atoms with E-state index in [1.807, 2.05) is 43.3 Å². The van der Waals surface area contributed by atoms with Crippen LogP contribution in [-0.2, 0) is 6.54 Å². The second kappa shape index (κ2) is 6.32. The van der Waals surface area contributed by atoms with Crippen molar-refractivity contribution in [2.24, 2.45) is 0 Å². The average molecular weight is 279 g/mol. The van der Waals surface area contributed by atoms with Gasteiger partial charge in [-0.2, -0.15) is 5.26 Å². The number of nitrogens with zero attached hydrogens (tertiary/aromatic N) is 2. The molecule has 0 unspecified atom stereocenters. The van der Waals surface area contributed by atoms with E-state index in [4.69, 9.17) is 5.73 Å². The number of para-hydroxylation sites is 1. The van der Waals surface area contributed by atoms with E-state index in [0.717, 1.165) is 29.0 Å². The number of aryl methyl sites for hydroxylation is 1. The lowest BCUT2D eigenvalue weighted by molar-refractivity contribution is 0.680. The molecule has 0 atom stereocenters. The molecule has 0 saturated carbocycles. The van der Waals surface area contributed by atoms with Crippen LogP contribution in [0.3, 0.4) is 0 Å². The summed E-state index contributed by atoms with van der Waals surface area (Å²) >= 11 is 0. The van der Waals surface area contributed by atoms with Crippen molar-refractivity contribution in [1.82, 2.24) is 0 Å². The molecule has 0 saturated heterocycles. The maximum absolute atomic E-state index is 9.39. The van der Waals surface area contributed by atoms with Gasteiger partial charge >= 0.3 is 0 Å². The molecule has 3 nitrogen and oxygen atoms in total. The van der Waals surface area contributed by atoms with Crippen LogP contribution in [0, 0.1) is 18.3 Å². The first-order valence-electron chi connectivity index (χ1n) is 7.13. The fourth-order valence-corrected chi connectivity index (χ4v) is 2.54. The van der Waals surface area contributed by atoms with Crippen LogP contribution in [0.15, 0.2) is 42.5 Å². The van der Waals surface area contributed by atoms with Gasteiger partial charge in [0, 0.05) is 18.3 Å². The van der Waals surface area contributed by atoms with Gasteiger partial charge in [-0.3, -0.25) is 0 Å². The van der Waals surface area contributed by atoms with Crippen LogP contribution in [0.4, 0.5) is 11.4 Å². The van der Waals surface area contributed by atoms with Crippen molar-refractivity contribution in [1.29, 1.82) is 5.26 Å². The molecule has 0 bridgehead atoms. The first-order chi connectivity index (χ1) is 10.0. The van der Waals surface area contributed by atoms with Gasteiger partial charge in [0.1, 0.15) is 6.07 Å². The molecule has 2 aromatic rings. The maximum atomic E-state index is 9.39. The second-order valence-corrected chi connectivity index (χ2v) is 5.55. The van der Waals surface area contributed by atoms with E-state index in [9.17, 15) is 5.26 Å². The Morgan fingerprint density at radius 1 is 1.19 bits per heavy atom. The van der Waals surface area contributed by atoms with Crippen LogP contribution in [0.2, 0.25) is 0 Å². The Balaban J connectivity index is 2.43. The lowest BCUT2D eigenvalue weighted by Crippen LogP contribution is -2.31. The van der Waals surface area contributed by atoms with E-state index in [1.54, 1.807) is 0 Å². The van der Waals surface area contributed by atoms with E-state index < -0.39 is 0 Å². The minimum absolute atomic E-state index is 0.291. The van der Waals surface area contributed by atoms with Crippen molar-refractivity contribution in [3.63, 3.8) is 0 Å². The molecular formula is C18H21N3. The number of nitrogen functional groups attached to an aromatic ring is 1. The Hall–Kier alpha value is -2.47. The summed E-state index contributed by atoms with van der Waals surface area (Å²) in [4.78, 5) is 2.25. The molecule has 0 spiro atoms. The fourth-order valence-electron chi connectivity index (χ4n) is 2.54.